The average Bonchev–Trinajstić information content (AvgIpc) is 0.783. The molecule has 0 saturated carbocycles. The van der Waals surface area contributed by atoms with Crippen LogP contribution in [0.1, 0.15) is 251 Å². The second-order valence-electron chi connectivity index (χ2n) is 27.1. The Balaban J connectivity index is 1.40. The zero-order chi connectivity index (χ0) is 72.5. The van der Waals surface area contributed by atoms with Gasteiger partial charge in [-0.25, -0.2) is 0 Å². The van der Waals surface area contributed by atoms with Gasteiger partial charge in [0.05, 0.1) is 38.6 Å². The monoisotopic (exact) mass is 1410 g/mol. The molecule has 3 fully saturated rings. The van der Waals surface area contributed by atoms with Gasteiger partial charge in [-0.15, -0.1) is 0 Å². The van der Waals surface area contributed by atoms with Crippen LogP contribution in [0.15, 0.2) is 122 Å². The van der Waals surface area contributed by atoms with Crippen molar-refractivity contribution in [3.8, 4) is 0 Å². The molecule has 0 radical (unpaired) electrons. The van der Waals surface area contributed by atoms with Crippen LogP contribution in [-0.4, -0.2) is 193 Å². The van der Waals surface area contributed by atoms with Gasteiger partial charge in [0.2, 0.25) is 5.91 Å². The highest BCUT2D eigenvalue weighted by atomic mass is 16.8. The highest BCUT2D eigenvalue weighted by molar-refractivity contribution is 5.76. The molecule has 19 nitrogen and oxygen atoms in total. The molecule has 3 rings (SSSR count). The van der Waals surface area contributed by atoms with Gasteiger partial charge < -0.3 is 89.9 Å². The number of aliphatic hydroxyl groups is 11. The summed E-state index contributed by atoms with van der Waals surface area (Å²) in [4.78, 5) is 13.5. The number of hydrogen-bond donors (Lipinski definition) is 12. The Morgan fingerprint density at radius 3 is 1.12 bits per heavy atom. The second kappa shape index (κ2) is 60.5. The van der Waals surface area contributed by atoms with Crippen molar-refractivity contribution in [1.29, 1.82) is 0 Å². The number of amides is 1. The summed E-state index contributed by atoms with van der Waals surface area (Å²) in [5, 5.41) is 121. The molecule has 1 amide bonds. The normalized spacial score (nSPS) is 27.1. The Hall–Kier alpha value is -3.81. The SMILES string of the molecule is CC/C=C\C/C=C\C/C=C\C/C=C\C/C=C\C/C=C\C/C=C\CCCCCCCCCCCCCC(=O)NC(COC1OC(CO)C(OC2OC(CO)C(OC3OC(CO)C(O)C(O)C3O)C(O)C2O)C(O)C1O)C(O)/C=C/CC/C=C/CC/C=C/CCCCCCCCCCCCCC. The van der Waals surface area contributed by atoms with Crippen LogP contribution in [0.5, 0.6) is 0 Å². The van der Waals surface area contributed by atoms with Crippen LogP contribution in [0.2, 0.25) is 0 Å². The minimum absolute atomic E-state index is 0.221. The molecular formula is C81H137NO18. The van der Waals surface area contributed by atoms with E-state index < -0.39 is 124 Å². The van der Waals surface area contributed by atoms with E-state index in [1.54, 1.807) is 6.08 Å². The van der Waals surface area contributed by atoms with Gasteiger partial charge in [0.25, 0.3) is 0 Å². The van der Waals surface area contributed by atoms with Gasteiger partial charge in [0.15, 0.2) is 18.9 Å². The molecular weight excluding hydrogens is 1270 g/mol. The molecule has 12 N–H and O–H groups in total. The quantitative estimate of drug-likeness (QED) is 0.0199. The molecule has 3 aliphatic heterocycles. The molecule has 19 heteroatoms. The Kier molecular flexibility index (Phi) is 54.7. The van der Waals surface area contributed by atoms with E-state index in [0.29, 0.717) is 12.8 Å². The predicted molar refractivity (Wildman–Crippen MR) is 397 cm³/mol. The Labute approximate surface area is 601 Å². The van der Waals surface area contributed by atoms with Gasteiger partial charge in [-0.1, -0.05) is 264 Å². The third-order valence-electron chi connectivity index (χ3n) is 18.5. The molecule has 17 unspecified atom stereocenters. The van der Waals surface area contributed by atoms with E-state index in [1.165, 1.54) is 116 Å². The molecule has 0 bridgehead atoms. The third-order valence-corrected chi connectivity index (χ3v) is 18.5. The smallest absolute Gasteiger partial charge is 0.220 e. The number of ether oxygens (including phenoxy) is 6. The molecule has 3 aliphatic rings. The lowest BCUT2D eigenvalue weighted by atomic mass is 9.96. The Morgan fingerprint density at radius 2 is 0.700 bits per heavy atom. The third kappa shape index (κ3) is 40.5. The van der Waals surface area contributed by atoms with Crippen LogP contribution in [0.4, 0.5) is 0 Å². The Bertz CT molecular complexity index is 2280. The standard InChI is InChI=1S/C81H137NO18/c1-3-5-7-9-11-13-15-17-19-21-23-25-27-28-29-30-31-32-33-34-35-36-37-39-41-43-45-47-49-51-53-55-57-59-69(87)82-64(65(86)58-56-54-52-50-48-46-44-42-40-38-26-24-22-20-18-16-14-12-10-8-6-4-2)63-95-79-75(93)72(90)77(67(61-84)97-79)100-81-76(94)73(91)78(68(62-85)98-81)99-80-74(92)71(89)70(88)66(60-83)96-80/h5,7,11,13,17,19,23,25,28-29,31-32,34-35,40,42,48,50,56,58,64-68,70-81,83-86,88-94H,3-4,6,8-10,12,14-16,18,20-22,24,26-27,30,33,36-39,41,43-47,49,51-55,57,59-63H2,1-2H3,(H,82,87)/b7-5-,13-11-,19-17-,25-23-,29-28-,32-31-,35-34-,42-40+,50-48+,58-56+. The summed E-state index contributed by atoms with van der Waals surface area (Å²) in [5.41, 5.74) is 0. The van der Waals surface area contributed by atoms with E-state index in [0.717, 1.165) is 103 Å². The number of aliphatic hydroxyl groups excluding tert-OH is 11. The fraction of sp³-hybridized carbons (Fsp3) is 0.741. The topological polar surface area (TPSA) is 307 Å². The summed E-state index contributed by atoms with van der Waals surface area (Å²) in [6.45, 7) is 1.59. The van der Waals surface area contributed by atoms with Crippen molar-refractivity contribution in [2.24, 2.45) is 0 Å². The van der Waals surface area contributed by atoms with Crippen LogP contribution < -0.4 is 5.32 Å². The average molecular weight is 1410 g/mol. The summed E-state index contributed by atoms with van der Waals surface area (Å²) < 4.78 is 34.4. The van der Waals surface area contributed by atoms with E-state index in [-0.39, 0.29) is 18.9 Å². The van der Waals surface area contributed by atoms with Gasteiger partial charge >= 0.3 is 0 Å². The van der Waals surface area contributed by atoms with Crippen molar-refractivity contribution >= 4 is 5.91 Å². The summed E-state index contributed by atoms with van der Waals surface area (Å²) >= 11 is 0. The van der Waals surface area contributed by atoms with Gasteiger partial charge in [-0.05, 0) is 103 Å². The maximum atomic E-state index is 13.5. The predicted octanol–water partition coefficient (Wildman–Crippen LogP) is 12.3. The fourth-order valence-corrected chi connectivity index (χ4v) is 12.3. The summed E-state index contributed by atoms with van der Waals surface area (Å²) in [6.07, 6.45) is 57.4. The largest absolute Gasteiger partial charge is 0.394 e. The molecule has 574 valence electrons. The first-order valence-corrected chi connectivity index (χ1v) is 38.8. The van der Waals surface area contributed by atoms with Gasteiger partial charge in [-0.2, -0.15) is 0 Å². The molecule has 3 saturated heterocycles. The highest BCUT2D eigenvalue weighted by Crippen LogP contribution is 2.33. The zero-order valence-corrected chi connectivity index (χ0v) is 61.1. The molecule has 0 spiro atoms. The van der Waals surface area contributed by atoms with E-state index in [2.05, 4.69) is 129 Å². The number of carbonyl (C=O) groups is 1. The maximum Gasteiger partial charge on any atom is 0.220 e. The maximum absolute atomic E-state index is 13.5. The van der Waals surface area contributed by atoms with E-state index in [9.17, 15) is 61.0 Å². The Morgan fingerprint density at radius 1 is 0.370 bits per heavy atom. The number of hydrogen-bond acceptors (Lipinski definition) is 18. The van der Waals surface area contributed by atoms with Crippen molar-refractivity contribution in [2.45, 2.75) is 356 Å². The first kappa shape index (κ1) is 90.4. The lowest BCUT2D eigenvalue weighted by Crippen LogP contribution is -2.66. The lowest BCUT2D eigenvalue weighted by Gasteiger charge is -2.48. The lowest BCUT2D eigenvalue weighted by molar-refractivity contribution is -0.379. The van der Waals surface area contributed by atoms with Crippen LogP contribution >= 0.6 is 0 Å². The van der Waals surface area contributed by atoms with Gasteiger partial charge in [0.1, 0.15) is 73.2 Å². The molecule has 0 aromatic carbocycles. The number of allylic oxidation sites excluding steroid dienone is 19. The van der Waals surface area contributed by atoms with Crippen molar-refractivity contribution in [3.63, 3.8) is 0 Å². The molecule has 3 heterocycles. The van der Waals surface area contributed by atoms with Crippen LogP contribution in [-0.2, 0) is 33.2 Å². The summed E-state index contributed by atoms with van der Waals surface area (Å²) in [6, 6.07) is -1.01. The number of carbonyl (C=O) groups excluding carboxylic acids is 1. The van der Waals surface area contributed by atoms with E-state index in [1.807, 2.05) is 6.08 Å². The van der Waals surface area contributed by atoms with Crippen LogP contribution in [0, 0.1) is 0 Å². The molecule has 0 aromatic heterocycles. The summed E-state index contributed by atoms with van der Waals surface area (Å²) in [7, 11) is 0. The van der Waals surface area contributed by atoms with Crippen molar-refractivity contribution < 1.29 is 89.4 Å². The van der Waals surface area contributed by atoms with Crippen molar-refractivity contribution in [1.82, 2.24) is 5.32 Å². The first-order valence-electron chi connectivity index (χ1n) is 38.8. The number of rotatable bonds is 59. The van der Waals surface area contributed by atoms with Crippen molar-refractivity contribution in [3.05, 3.63) is 122 Å². The highest BCUT2D eigenvalue weighted by Gasteiger charge is 2.53. The van der Waals surface area contributed by atoms with E-state index in [4.69, 9.17) is 28.4 Å². The molecule has 0 aromatic rings. The fourth-order valence-electron chi connectivity index (χ4n) is 12.3. The van der Waals surface area contributed by atoms with Crippen LogP contribution in [0.25, 0.3) is 0 Å². The minimum atomic E-state index is -1.99. The summed E-state index contributed by atoms with van der Waals surface area (Å²) in [5.74, 6) is -0.297. The second-order valence-corrected chi connectivity index (χ2v) is 27.1. The van der Waals surface area contributed by atoms with Gasteiger partial charge in [-0.3, -0.25) is 4.79 Å². The van der Waals surface area contributed by atoms with Crippen molar-refractivity contribution in [2.75, 3.05) is 26.4 Å². The molecule has 0 aliphatic carbocycles. The molecule has 100 heavy (non-hydrogen) atoms. The number of nitrogens with one attached hydrogen (secondary N) is 1. The minimum Gasteiger partial charge on any atom is -0.394 e. The van der Waals surface area contributed by atoms with E-state index >= 15 is 0 Å². The molecule has 17 atom stereocenters. The zero-order valence-electron chi connectivity index (χ0n) is 61.1. The first-order chi connectivity index (χ1) is 48.8. The van der Waals surface area contributed by atoms with Crippen LogP contribution in [0.3, 0.4) is 0 Å². The van der Waals surface area contributed by atoms with Gasteiger partial charge in [0, 0.05) is 6.42 Å². The number of unbranched alkanes of at least 4 members (excludes halogenated alkanes) is 25.